The van der Waals surface area contributed by atoms with Crippen molar-refractivity contribution < 1.29 is 13.5 Å². The lowest BCUT2D eigenvalue weighted by molar-refractivity contribution is -0.0498. The second-order valence-corrected chi connectivity index (χ2v) is 4.74. The number of hydrogen-bond acceptors (Lipinski definition) is 3. The van der Waals surface area contributed by atoms with Crippen molar-refractivity contribution in [3.63, 3.8) is 0 Å². The number of benzene rings is 1. The molecule has 0 spiro atoms. The fourth-order valence-electron chi connectivity index (χ4n) is 2.54. The van der Waals surface area contributed by atoms with Gasteiger partial charge in [0.2, 0.25) is 0 Å². The van der Waals surface area contributed by atoms with Gasteiger partial charge in [0.25, 0.3) is 0 Å². The van der Waals surface area contributed by atoms with E-state index >= 15 is 0 Å². The topological polar surface area (TPSA) is 38.5 Å². The lowest BCUT2D eigenvalue weighted by Crippen LogP contribution is -2.20. The quantitative estimate of drug-likeness (QED) is 0.898. The molecule has 1 aliphatic rings. The van der Waals surface area contributed by atoms with Gasteiger partial charge in [-0.25, -0.2) is 0 Å². The largest absolute Gasteiger partial charge is 0.435 e. The van der Waals surface area contributed by atoms with Gasteiger partial charge >= 0.3 is 6.61 Å². The third kappa shape index (κ3) is 2.97. The standard InChI is InChI=1S/C13H18F2N2O/c1-17-8-9(7-16)6-12(17)10-2-4-11(5-3-10)18-13(14)15/h2-5,9,12-13H,6-8,16H2,1H3. The minimum absolute atomic E-state index is 0.199. The molecule has 2 N–H and O–H groups in total. The van der Waals surface area contributed by atoms with Crippen LogP contribution in [0.1, 0.15) is 18.0 Å². The summed E-state index contributed by atoms with van der Waals surface area (Å²) in [7, 11) is 2.06. The van der Waals surface area contributed by atoms with Crippen molar-refractivity contribution in [1.82, 2.24) is 4.90 Å². The van der Waals surface area contributed by atoms with E-state index < -0.39 is 6.61 Å². The number of alkyl halides is 2. The van der Waals surface area contributed by atoms with Gasteiger partial charge in [-0.15, -0.1) is 0 Å². The normalized spacial score (nSPS) is 24.7. The molecule has 1 aromatic carbocycles. The smallest absolute Gasteiger partial charge is 0.387 e. The van der Waals surface area contributed by atoms with Crippen LogP contribution in [0.25, 0.3) is 0 Å². The molecule has 2 atom stereocenters. The van der Waals surface area contributed by atoms with Crippen LogP contribution in [0.15, 0.2) is 24.3 Å². The van der Waals surface area contributed by atoms with Gasteiger partial charge in [-0.3, -0.25) is 4.90 Å². The van der Waals surface area contributed by atoms with E-state index in [-0.39, 0.29) is 5.75 Å². The summed E-state index contributed by atoms with van der Waals surface area (Å²) in [5.74, 6) is 0.710. The molecule has 1 fully saturated rings. The van der Waals surface area contributed by atoms with Crippen LogP contribution in [0.3, 0.4) is 0 Å². The number of halogens is 2. The minimum atomic E-state index is -2.77. The Bertz CT molecular complexity index is 383. The van der Waals surface area contributed by atoms with Gasteiger partial charge in [-0.1, -0.05) is 12.1 Å². The SMILES string of the molecule is CN1CC(CN)CC1c1ccc(OC(F)F)cc1. The number of hydrogen-bond donors (Lipinski definition) is 1. The van der Waals surface area contributed by atoms with Crippen LogP contribution < -0.4 is 10.5 Å². The number of rotatable bonds is 4. The number of ether oxygens (including phenoxy) is 1. The zero-order valence-electron chi connectivity index (χ0n) is 10.4. The Morgan fingerprint density at radius 2 is 2.06 bits per heavy atom. The van der Waals surface area contributed by atoms with E-state index in [0.717, 1.165) is 18.5 Å². The van der Waals surface area contributed by atoms with Crippen molar-refractivity contribution in [3.05, 3.63) is 29.8 Å². The second kappa shape index (κ2) is 5.63. The van der Waals surface area contributed by atoms with Gasteiger partial charge in [0.1, 0.15) is 5.75 Å². The highest BCUT2D eigenvalue weighted by molar-refractivity contribution is 5.29. The molecule has 1 aliphatic heterocycles. The first kappa shape index (κ1) is 13.2. The molecule has 0 saturated carbocycles. The summed E-state index contributed by atoms with van der Waals surface area (Å²) in [6.07, 6.45) is 1.02. The van der Waals surface area contributed by atoms with Crippen molar-refractivity contribution in [3.8, 4) is 5.75 Å². The first-order valence-electron chi connectivity index (χ1n) is 6.05. The van der Waals surface area contributed by atoms with Gasteiger partial charge in [-0.2, -0.15) is 8.78 Å². The van der Waals surface area contributed by atoms with Crippen LogP contribution in [-0.4, -0.2) is 31.6 Å². The van der Waals surface area contributed by atoms with E-state index in [1.54, 1.807) is 12.1 Å². The molecule has 0 aliphatic carbocycles. The monoisotopic (exact) mass is 256 g/mol. The average molecular weight is 256 g/mol. The maximum atomic E-state index is 12.0. The number of nitrogens with zero attached hydrogens (tertiary/aromatic N) is 1. The van der Waals surface area contributed by atoms with Crippen LogP contribution >= 0.6 is 0 Å². The van der Waals surface area contributed by atoms with Crippen molar-refractivity contribution in [2.45, 2.75) is 19.1 Å². The van der Waals surface area contributed by atoms with E-state index in [2.05, 4.69) is 16.7 Å². The summed E-state index contributed by atoms with van der Waals surface area (Å²) in [6.45, 7) is -1.10. The maximum Gasteiger partial charge on any atom is 0.387 e. The Balaban J connectivity index is 2.05. The Kier molecular flexibility index (Phi) is 4.14. The van der Waals surface area contributed by atoms with Gasteiger partial charge in [0.15, 0.2) is 0 Å². The maximum absolute atomic E-state index is 12.0. The van der Waals surface area contributed by atoms with Gasteiger partial charge in [0, 0.05) is 12.6 Å². The highest BCUT2D eigenvalue weighted by Gasteiger charge is 2.29. The molecule has 0 bridgehead atoms. The van der Waals surface area contributed by atoms with E-state index in [1.807, 2.05) is 12.1 Å². The molecule has 2 rings (SSSR count). The lowest BCUT2D eigenvalue weighted by Gasteiger charge is -2.19. The van der Waals surface area contributed by atoms with Gasteiger partial charge in [0.05, 0.1) is 0 Å². The summed E-state index contributed by atoms with van der Waals surface area (Å²) >= 11 is 0. The fourth-order valence-corrected chi connectivity index (χ4v) is 2.54. The highest BCUT2D eigenvalue weighted by Crippen LogP contribution is 2.34. The van der Waals surface area contributed by atoms with Crippen molar-refractivity contribution in [2.75, 3.05) is 20.1 Å². The van der Waals surface area contributed by atoms with Gasteiger partial charge < -0.3 is 10.5 Å². The molecule has 3 nitrogen and oxygen atoms in total. The second-order valence-electron chi connectivity index (χ2n) is 4.74. The summed E-state index contributed by atoms with van der Waals surface area (Å²) in [4.78, 5) is 2.25. The van der Waals surface area contributed by atoms with E-state index in [4.69, 9.17) is 5.73 Å². The summed E-state index contributed by atoms with van der Waals surface area (Å²) in [6, 6.07) is 7.19. The fraction of sp³-hybridized carbons (Fsp3) is 0.538. The van der Waals surface area contributed by atoms with Crippen LogP contribution in [0, 0.1) is 5.92 Å². The molecule has 0 amide bonds. The zero-order chi connectivity index (χ0) is 13.1. The first-order valence-corrected chi connectivity index (χ1v) is 6.05. The number of likely N-dealkylation sites (tertiary alicyclic amines) is 1. The third-order valence-corrected chi connectivity index (χ3v) is 3.46. The molecule has 1 heterocycles. The molecular weight excluding hydrogens is 238 g/mol. The predicted octanol–water partition coefficient (Wildman–Crippen LogP) is 2.24. The summed E-state index contributed by atoms with van der Waals surface area (Å²) in [5.41, 5.74) is 6.81. The van der Waals surface area contributed by atoms with Crippen LogP contribution in [-0.2, 0) is 0 Å². The molecule has 1 saturated heterocycles. The van der Waals surface area contributed by atoms with Crippen LogP contribution in [0.5, 0.6) is 5.75 Å². The van der Waals surface area contributed by atoms with Crippen LogP contribution in [0.4, 0.5) is 8.78 Å². The average Bonchev–Trinajstić information content (AvgIpc) is 2.71. The Hall–Kier alpha value is -1.20. The Morgan fingerprint density at radius 3 is 2.56 bits per heavy atom. The van der Waals surface area contributed by atoms with Gasteiger partial charge in [-0.05, 0) is 43.6 Å². The Morgan fingerprint density at radius 1 is 1.39 bits per heavy atom. The molecule has 2 unspecified atom stereocenters. The van der Waals surface area contributed by atoms with E-state index in [0.29, 0.717) is 18.5 Å². The number of nitrogens with two attached hydrogens (primary N) is 1. The van der Waals surface area contributed by atoms with E-state index in [9.17, 15) is 8.78 Å². The molecule has 100 valence electrons. The highest BCUT2D eigenvalue weighted by atomic mass is 19.3. The molecule has 0 aromatic heterocycles. The predicted molar refractivity (Wildman–Crippen MR) is 65.6 cm³/mol. The zero-order valence-corrected chi connectivity index (χ0v) is 10.4. The van der Waals surface area contributed by atoms with Crippen molar-refractivity contribution >= 4 is 0 Å². The van der Waals surface area contributed by atoms with E-state index in [1.165, 1.54) is 0 Å². The lowest BCUT2D eigenvalue weighted by atomic mass is 10.00. The molecule has 5 heteroatoms. The van der Waals surface area contributed by atoms with Crippen molar-refractivity contribution in [1.29, 1.82) is 0 Å². The third-order valence-electron chi connectivity index (χ3n) is 3.46. The Labute approximate surface area is 106 Å². The minimum Gasteiger partial charge on any atom is -0.435 e. The molecule has 1 aromatic rings. The van der Waals surface area contributed by atoms with Crippen LogP contribution in [0.2, 0.25) is 0 Å². The molecule has 18 heavy (non-hydrogen) atoms. The summed E-state index contributed by atoms with van der Waals surface area (Å²) in [5, 5.41) is 0. The summed E-state index contributed by atoms with van der Waals surface area (Å²) < 4.78 is 28.4. The molecule has 0 radical (unpaired) electrons. The van der Waals surface area contributed by atoms with Crippen molar-refractivity contribution in [2.24, 2.45) is 11.7 Å². The first-order chi connectivity index (χ1) is 8.60. The molecular formula is C13H18F2N2O.